The van der Waals surface area contributed by atoms with Gasteiger partial charge in [0.2, 0.25) is 11.8 Å². The zero-order valence-corrected chi connectivity index (χ0v) is 14.5. The first-order valence-electron chi connectivity index (χ1n) is 7.31. The van der Waals surface area contributed by atoms with E-state index in [4.69, 9.17) is 0 Å². The normalized spacial score (nSPS) is 14.2. The van der Waals surface area contributed by atoms with E-state index in [9.17, 15) is 22.8 Å². The zero-order chi connectivity index (χ0) is 17.9. The Labute approximate surface area is 145 Å². The molecule has 9 heteroatoms. The summed E-state index contributed by atoms with van der Waals surface area (Å²) in [5, 5.41) is 5.41. The summed E-state index contributed by atoms with van der Waals surface area (Å²) in [4.78, 5) is 24.8. The van der Waals surface area contributed by atoms with Crippen molar-refractivity contribution >= 4 is 33.4 Å². The molecule has 0 aliphatic heterocycles. The molecule has 0 atom stereocenters. The summed E-state index contributed by atoms with van der Waals surface area (Å²) in [6, 6.07) is 3.84. The number of nitrogens with one attached hydrogen (secondary N) is 2. The maximum Gasteiger partial charge on any atom is 0.417 e. The molecule has 0 spiro atoms. The van der Waals surface area contributed by atoms with E-state index in [2.05, 4.69) is 26.6 Å². The lowest BCUT2D eigenvalue weighted by Crippen LogP contribution is -2.41. The first-order chi connectivity index (χ1) is 11.2. The van der Waals surface area contributed by atoms with Crippen LogP contribution in [0, 0.1) is 0 Å². The van der Waals surface area contributed by atoms with E-state index in [-0.39, 0.29) is 35.2 Å². The predicted octanol–water partition coefficient (Wildman–Crippen LogP) is 2.62. The molecule has 0 unspecified atom stereocenters. The molecule has 1 aliphatic rings. The average molecular weight is 408 g/mol. The highest BCUT2D eigenvalue weighted by Crippen LogP contribution is 2.36. The molecule has 2 N–H and O–H groups in total. The van der Waals surface area contributed by atoms with Gasteiger partial charge >= 0.3 is 6.18 Å². The van der Waals surface area contributed by atoms with Crippen LogP contribution in [-0.4, -0.2) is 42.9 Å². The predicted molar refractivity (Wildman–Crippen MR) is 86.4 cm³/mol. The molecule has 1 fully saturated rings. The molecule has 0 bridgehead atoms. The number of benzene rings is 1. The Morgan fingerprint density at radius 2 is 2.00 bits per heavy atom. The van der Waals surface area contributed by atoms with Crippen LogP contribution in [0.4, 0.5) is 18.9 Å². The van der Waals surface area contributed by atoms with Crippen molar-refractivity contribution in [3.8, 4) is 0 Å². The van der Waals surface area contributed by atoms with E-state index in [1.54, 1.807) is 0 Å². The van der Waals surface area contributed by atoms with Gasteiger partial charge in [0.25, 0.3) is 0 Å². The molecule has 5 nitrogen and oxygen atoms in total. The van der Waals surface area contributed by atoms with Crippen LogP contribution < -0.4 is 10.6 Å². The summed E-state index contributed by atoms with van der Waals surface area (Å²) in [5.74, 6) is -0.631. The van der Waals surface area contributed by atoms with Crippen LogP contribution in [0.2, 0.25) is 0 Å². The molecule has 0 heterocycles. The number of carbonyl (C=O) groups excluding carboxylic acids is 2. The summed E-state index contributed by atoms with van der Waals surface area (Å²) in [6.45, 7) is -0.280. The first-order valence-corrected chi connectivity index (χ1v) is 8.10. The number of anilines is 1. The van der Waals surface area contributed by atoms with Crippen molar-refractivity contribution in [3.05, 3.63) is 28.2 Å². The molecular formula is C15H17BrF3N3O2. The second-order valence-corrected chi connectivity index (χ2v) is 6.49. The fourth-order valence-corrected chi connectivity index (χ4v) is 2.44. The van der Waals surface area contributed by atoms with Crippen molar-refractivity contribution in [3.63, 3.8) is 0 Å². The van der Waals surface area contributed by atoms with Crippen LogP contribution >= 0.6 is 15.9 Å². The van der Waals surface area contributed by atoms with Gasteiger partial charge in [0.05, 0.1) is 18.7 Å². The molecule has 0 saturated heterocycles. The van der Waals surface area contributed by atoms with E-state index >= 15 is 0 Å². The molecule has 1 aliphatic carbocycles. The molecule has 2 amide bonds. The maximum absolute atomic E-state index is 12.8. The molecule has 1 saturated carbocycles. The summed E-state index contributed by atoms with van der Waals surface area (Å²) in [5.41, 5.74) is -0.646. The lowest BCUT2D eigenvalue weighted by atomic mass is 10.2. The van der Waals surface area contributed by atoms with Gasteiger partial charge in [-0.2, -0.15) is 13.2 Å². The van der Waals surface area contributed by atoms with Crippen LogP contribution in [0.3, 0.4) is 0 Å². The highest BCUT2D eigenvalue weighted by molar-refractivity contribution is 9.10. The number of hydrogen-bond donors (Lipinski definition) is 2. The number of carbonyl (C=O) groups is 2. The number of alkyl halides is 3. The summed E-state index contributed by atoms with van der Waals surface area (Å²) in [7, 11) is 1.47. The van der Waals surface area contributed by atoms with Crippen LogP contribution in [0.5, 0.6) is 0 Å². The number of nitrogens with zero attached hydrogens (tertiary/aromatic N) is 1. The van der Waals surface area contributed by atoms with Crippen LogP contribution in [0.25, 0.3) is 0 Å². The van der Waals surface area contributed by atoms with Crippen molar-refractivity contribution in [1.82, 2.24) is 10.2 Å². The summed E-state index contributed by atoms with van der Waals surface area (Å²) < 4.78 is 38.4. The first kappa shape index (κ1) is 18.6. The van der Waals surface area contributed by atoms with Gasteiger partial charge in [0, 0.05) is 23.2 Å². The average Bonchev–Trinajstić information content (AvgIpc) is 3.28. The van der Waals surface area contributed by atoms with Gasteiger partial charge in [-0.1, -0.05) is 15.9 Å². The second-order valence-electron chi connectivity index (χ2n) is 5.64. The van der Waals surface area contributed by atoms with Crippen LogP contribution in [0.15, 0.2) is 22.7 Å². The Balaban J connectivity index is 1.87. The van der Waals surface area contributed by atoms with Crippen molar-refractivity contribution in [2.45, 2.75) is 25.1 Å². The number of rotatable bonds is 6. The van der Waals surface area contributed by atoms with Crippen LogP contribution in [0.1, 0.15) is 18.4 Å². The van der Waals surface area contributed by atoms with Gasteiger partial charge in [0.1, 0.15) is 0 Å². The Bertz CT molecular complexity index is 633. The standard InChI is InChI=1S/C15H17BrF3N3O2/c1-22(8-13(23)21-9-2-3-9)14(24)7-20-10-4-5-12(16)11(6-10)15(17,18)19/h4-6,9,20H,2-3,7-8H2,1H3,(H,21,23). The fraction of sp³-hybridized carbons (Fsp3) is 0.467. The minimum atomic E-state index is -4.49. The van der Waals surface area contributed by atoms with Crippen molar-refractivity contribution in [2.75, 3.05) is 25.5 Å². The minimum Gasteiger partial charge on any atom is -0.376 e. The molecule has 0 radical (unpaired) electrons. The van der Waals surface area contributed by atoms with Gasteiger partial charge in [0.15, 0.2) is 0 Å². The minimum absolute atomic E-state index is 0.0688. The Kier molecular flexibility index (Phi) is 5.74. The fourth-order valence-electron chi connectivity index (χ4n) is 1.97. The van der Waals surface area contributed by atoms with Crippen molar-refractivity contribution < 1.29 is 22.8 Å². The van der Waals surface area contributed by atoms with E-state index in [1.807, 2.05) is 0 Å². The van der Waals surface area contributed by atoms with E-state index in [1.165, 1.54) is 24.1 Å². The van der Waals surface area contributed by atoms with Crippen molar-refractivity contribution in [2.24, 2.45) is 0 Å². The molecule has 1 aromatic carbocycles. The SMILES string of the molecule is CN(CC(=O)NC1CC1)C(=O)CNc1ccc(Br)c(C(F)(F)F)c1. The number of likely N-dealkylation sites (N-methyl/N-ethyl adjacent to an activating group) is 1. The molecule has 0 aromatic heterocycles. The van der Waals surface area contributed by atoms with Gasteiger partial charge < -0.3 is 15.5 Å². The highest BCUT2D eigenvalue weighted by atomic mass is 79.9. The topological polar surface area (TPSA) is 61.4 Å². The van der Waals surface area contributed by atoms with Gasteiger partial charge in [-0.3, -0.25) is 9.59 Å². The summed E-state index contributed by atoms with van der Waals surface area (Å²) in [6.07, 6.45) is -2.58. The second kappa shape index (κ2) is 7.42. The Morgan fingerprint density at radius 1 is 1.33 bits per heavy atom. The zero-order valence-electron chi connectivity index (χ0n) is 12.9. The molecule has 2 rings (SSSR count). The number of halogens is 4. The van der Waals surface area contributed by atoms with Crippen LogP contribution in [-0.2, 0) is 15.8 Å². The molecule has 1 aromatic rings. The van der Waals surface area contributed by atoms with E-state index in [0.717, 1.165) is 18.9 Å². The molecule has 132 valence electrons. The quantitative estimate of drug-likeness (QED) is 0.761. The Hall–Kier alpha value is -1.77. The highest BCUT2D eigenvalue weighted by Gasteiger charge is 2.33. The van der Waals surface area contributed by atoms with E-state index < -0.39 is 17.6 Å². The molecular weight excluding hydrogens is 391 g/mol. The lowest BCUT2D eigenvalue weighted by molar-refractivity contribution is -0.138. The third-order valence-electron chi connectivity index (χ3n) is 3.46. The third-order valence-corrected chi connectivity index (χ3v) is 4.16. The smallest absolute Gasteiger partial charge is 0.376 e. The maximum atomic E-state index is 12.8. The monoisotopic (exact) mass is 407 g/mol. The van der Waals surface area contributed by atoms with E-state index in [0.29, 0.717) is 0 Å². The third kappa shape index (κ3) is 5.40. The largest absolute Gasteiger partial charge is 0.417 e. The van der Waals surface area contributed by atoms with Gasteiger partial charge in [-0.05, 0) is 31.0 Å². The van der Waals surface area contributed by atoms with Crippen molar-refractivity contribution in [1.29, 1.82) is 0 Å². The van der Waals surface area contributed by atoms with Gasteiger partial charge in [-0.15, -0.1) is 0 Å². The Morgan fingerprint density at radius 3 is 2.58 bits per heavy atom. The number of amides is 2. The lowest BCUT2D eigenvalue weighted by Gasteiger charge is -2.18. The van der Waals surface area contributed by atoms with Gasteiger partial charge in [-0.25, -0.2) is 0 Å². The molecule has 24 heavy (non-hydrogen) atoms. The number of hydrogen-bond acceptors (Lipinski definition) is 3. The summed E-state index contributed by atoms with van der Waals surface area (Å²) >= 11 is 2.85.